The number of benzene rings is 3. The van der Waals surface area contributed by atoms with Crippen molar-refractivity contribution in [1.29, 1.82) is 0 Å². The van der Waals surface area contributed by atoms with Crippen LogP contribution in [0.25, 0.3) is 0 Å². The molecule has 4 rings (SSSR count). The van der Waals surface area contributed by atoms with E-state index in [0.29, 0.717) is 29.5 Å². The summed E-state index contributed by atoms with van der Waals surface area (Å²) in [4.78, 5) is 28.2. The van der Waals surface area contributed by atoms with Gasteiger partial charge in [0.1, 0.15) is 31.6 Å². The molecule has 1 unspecified atom stereocenters. The fraction of sp³-hybridized carbons (Fsp3) is 0.333. The van der Waals surface area contributed by atoms with E-state index in [1.807, 2.05) is 13.8 Å². The van der Waals surface area contributed by atoms with E-state index in [1.54, 1.807) is 31.2 Å². The van der Waals surface area contributed by atoms with E-state index in [0.717, 1.165) is 16.4 Å². The van der Waals surface area contributed by atoms with Crippen LogP contribution in [-0.4, -0.2) is 57.5 Å². The van der Waals surface area contributed by atoms with Gasteiger partial charge in [0.15, 0.2) is 11.5 Å². The summed E-state index contributed by atoms with van der Waals surface area (Å²) in [5.41, 5.74) is 0.766. The molecule has 1 heterocycles. The molecule has 12 heteroatoms. The molecule has 224 valence electrons. The third-order valence-electron chi connectivity index (χ3n) is 6.61. The molecule has 0 spiro atoms. The highest BCUT2D eigenvalue weighted by atomic mass is 35.5. The van der Waals surface area contributed by atoms with Crippen molar-refractivity contribution in [3.63, 3.8) is 0 Å². The predicted molar refractivity (Wildman–Crippen MR) is 158 cm³/mol. The smallest absolute Gasteiger partial charge is 0.264 e. The molecule has 0 saturated heterocycles. The largest absolute Gasteiger partial charge is 0.486 e. The summed E-state index contributed by atoms with van der Waals surface area (Å²) in [7, 11) is -4.37. The monoisotopic (exact) mass is 617 g/mol. The topological polar surface area (TPSA) is 105 Å². The van der Waals surface area contributed by atoms with E-state index < -0.39 is 34.3 Å². The molecule has 1 N–H and O–H groups in total. The van der Waals surface area contributed by atoms with Gasteiger partial charge in [0.05, 0.1) is 10.6 Å². The van der Waals surface area contributed by atoms with Crippen LogP contribution in [0.5, 0.6) is 11.5 Å². The second-order valence-electron chi connectivity index (χ2n) is 10.3. The van der Waals surface area contributed by atoms with Crippen LogP contribution in [0.4, 0.5) is 10.1 Å². The molecule has 0 aliphatic carbocycles. The van der Waals surface area contributed by atoms with Crippen LogP contribution in [0.1, 0.15) is 26.3 Å². The minimum Gasteiger partial charge on any atom is -0.486 e. The molecule has 1 aliphatic heterocycles. The molecule has 3 aromatic carbocycles. The van der Waals surface area contributed by atoms with Gasteiger partial charge in [0, 0.05) is 24.2 Å². The van der Waals surface area contributed by atoms with E-state index >= 15 is 0 Å². The number of hydrogen-bond donors (Lipinski definition) is 1. The number of anilines is 1. The molecule has 0 radical (unpaired) electrons. The number of sulfonamides is 1. The zero-order valence-electron chi connectivity index (χ0n) is 23.5. The van der Waals surface area contributed by atoms with Gasteiger partial charge in [-0.3, -0.25) is 13.9 Å². The number of ether oxygens (including phenoxy) is 2. The molecule has 2 amide bonds. The highest BCUT2D eigenvalue weighted by molar-refractivity contribution is 7.92. The average molecular weight is 618 g/mol. The van der Waals surface area contributed by atoms with Crippen LogP contribution in [-0.2, 0) is 26.2 Å². The molecule has 0 aromatic heterocycles. The van der Waals surface area contributed by atoms with Crippen molar-refractivity contribution < 1.29 is 31.9 Å². The molecule has 42 heavy (non-hydrogen) atoms. The summed E-state index contributed by atoms with van der Waals surface area (Å²) < 4.78 is 53.8. The molecule has 1 atom stereocenters. The van der Waals surface area contributed by atoms with Crippen molar-refractivity contribution in [3.05, 3.63) is 83.1 Å². The molecule has 0 bridgehead atoms. The van der Waals surface area contributed by atoms with Gasteiger partial charge in [0.25, 0.3) is 10.0 Å². The van der Waals surface area contributed by atoms with E-state index in [-0.39, 0.29) is 41.3 Å². The summed E-state index contributed by atoms with van der Waals surface area (Å²) in [6.07, 6.45) is 0. The van der Waals surface area contributed by atoms with Crippen molar-refractivity contribution in [2.45, 2.75) is 38.3 Å². The van der Waals surface area contributed by atoms with Crippen molar-refractivity contribution >= 4 is 39.1 Å². The van der Waals surface area contributed by atoms with Crippen LogP contribution >= 0.6 is 11.6 Å². The van der Waals surface area contributed by atoms with Crippen LogP contribution in [0.15, 0.2) is 71.6 Å². The number of nitrogens with one attached hydrogen (secondary N) is 1. The van der Waals surface area contributed by atoms with Gasteiger partial charge in [-0.1, -0.05) is 37.6 Å². The highest BCUT2D eigenvalue weighted by Crippen LogP contribution is 2.34. The zero-order chi connectivity index (χ0) is 30.4. The Balaban J connectivity index is 1.70. The quantitative estimate of drug-likeness (QED) is 0.336. The lowest BCUT2D eigenvalue weighted by Crippen LogP contribution is -2.51. The number of carbonyl (C=O) groups is 2. The fourth-order valence-corrected chi connectivity index (χ4v) is 5.83. The van der Waals surface area contributed by atoms with Gasteiger partial charge in [-0.15, -0.1) is 0 Å². The van der Waals surface area contributed by atoms with Gasteiger partial charge in [-0.25, -0.2) is 12.8 Å². The molecular formula is C30H33ClFN3O6S. The van der Waals surface area contributed by atoms with Crippen LogP contribution in [0.3, 0.4) is 0 Å². The Morgan fingerprint density at radius 1 is 0.952 bits per heavy atom. The highest BCUT2D eigenvalue weighted by Gasteiger charge is 2.33. The number of hydrogen-bond acceptors (Lipinski definition) is 6. The first-order valence-corrected chi connectivity index (χ1v) is 15.3. The first kappa shape index (κ1) is 31.1. The number of nitrogens with zero attached hydrogens (tertiary/aromatic N) is 2. The SMILES string of the molecule is CC(C)CNC(=O)C(C)N(Cc1ccc(Cl)cc1)C(=O)CN(c1ccc(F)cc1)S(=O)(=O)c1ccc2c(c1)OCCO2. The van der Waals surface area contributed by atoms with Crippen molar-refractivity contribution in [1.82, 2.24) is 10.2 Å². The lowest BCUT2D eigenvalue weighted by atomic mass is 10.1. The standard InChI is InChI=1S/C30H33ClFN3O6S/c1-20(2)17-33-30(37)21(3)34(18-22-4-6-23(31)7-5-22)29(36)19-35(25-10-8-24(32)9-11-25)42(38,39)26-12-13-27-28(16-26)41-15-14-40-27/h4-13,16,20-21H,14-15,17-19H2,1-3H3,(H,33,37). The maximum atomic E-state index is 14.0. The van der Waals surface area contributed by atoms with Crippen molar-refractivity contribution in [3.8, 4) is 11.5 Å². The zero-order valence-corrected chi connectivity index (χ0v) is 25.1. The van der Waals surface area contributed by atoms with E-state index in [4.69, 9.17) is 21.1 Å². The van der Waals surface area contributed by atoms with Crippen molar-refractivity contribution in [2.24, 2.45) is 5.92 Å². The second kappa shape index (κ2) is 13.4. The van der Waals surface area contributed by atoms with Gasteiger partial charge in [-0.05, 0) is 66.9 Å². The van der Waals surface area contributed by atoms with Crippen molar-refractivity contribution in [2.75, 3.05) is 30.6 Å². The Kier molecular flexibility index (Phi) is 9.95. The Hall–Kier alpha value is -3.83. The molecule has 1 aliphatic rings. The maximum Gasteiger partial charge on any atom is 0.264 e. The molecule has 0 saturated carbocycles. The average Bonchev–Trinajstić information content (AvgIpc) is 2.98. The third kappa shape index (κ3) is 7.51. The molecule has 9 nitrogen and oxygen atoms in total. The van der Waals surface area contributed by atoms with Crippen LogP contribution in [0.2, 0.25) is 5.02 Å². The number of amides is 2. The number of halogens is 2. The molecule has 0 fully saturated rings. The molecule has 3 aromatic rings. The van der Waals surface area contributed by atoms with Crippen LogP contribution < -0.4 is 19.1 Å². The lowest BCUT2D eigenvalue weighted by molar-refractivity contribution is -0.139. The Morgan fingerprint density at radius 3 is 2.24 bits per heavy atom. The van der Waals surface area contributed by atoms with E-state index in [2.05, 4.69) is 5.32 Å². The van der Waals surface area contributed by atoms with Gasteiger partial charge < -0.3 is 19.7 Å². The first-order valence-electron chi connectivity index (χ1n) is 13.5. The summed E-state index contributed by atoms with van der Waals surface area (Å²) in [5, 5.41) is 3.34. The van der Waals surface area contributed by atoms with Gasteiger partial charge in [-0.2, -0.15) is 0 Å². The van der Waals surface area contributed by atoms with Crippen LogP contribution in [0, 0.1) is 11.7 Å². The number of carbonyl (C=O) groups excluding carboxylic acids is 2. The Bertz CT molecular complexity index is 1520. The predicted octanol–water partition coefficient (Wildman–Crippen LogP) is 4.64. The number of rotatable bonds is 11. The summed E-state index contributed by atoms with van der Waals surface area (Å²) in [5.74, 6) is -0.739. The fourth-order valence-electron chi connectivity index (χ4n) is 4.27. The summed E-state index contributed by atoms with van der Waals surface area (Å²) in [6.45, 7) is 5.85. The van der Waals surface area contributed by atoms with Gasteiger partial charge in [0.2, 0.25) is 11.8 Å². The Labute approximate surface area is 250 Å². The van der Waals surface area contributed by atoms with Gasteiger partial charge >= 0.3 is 0 Å². The lowest BCUT2D eigenvalue weighted by Gasteiger charge is -2.32. The normalized spacial score (nSPS) is 13.4. The Morgan fingerprint density at radius 2 is 1.60 bits per heavy atom. The maximum absolute atomic E-state index is 14.0. The first-order chi connectivity index (χ1) is 20.0. The summed E-state index contributed by atoms with van der Waals surface area (Å²) >= 11 is 6.03. The third-order valence-corrected chi connectivity index (χ3v) is 8.63. The number of fused-ring (bicyclic) bond motifs is 1. The van der Waals surface area contributed by atoms with E-state index in [9.17, 15) is 22.4 Å². The molecular weight excluding hydrogens is 585 g/mol. The van der Waals surface area contributed by atoms with E-state index in [1.165, 1.54) is 35.2 Å². The summed E-state index contributed by atoms with van der Waals surface area (Å²) in [6, 6.07) is 14.8. The minimum absolute atomic E-state index is 0.0214. The minimum atomic E-state index is -4.37. The second-order valence-corrected chi connectivity index (χ2v) is 12.6.